The van der Waals surface area contributed by atoms with E-state index in [4.69, 9.17) is 19.3 Å². The fraction of sp³-hybridized carbons (Fsp3) is 0.500. The highest BCUT2D eigenvalue weighted by Crippen LogP contribution is 1.98. The summed E-state index contributed by atoms with van der Waals surface area (Å²) in [4.78, 5) is 22.3. The van der Waals surface area contributed by atoms with Gasteiger partial charge in [-0.05, 0) is 13.8 Å². The summed E-state index contributed by atoms with van der Waals surface area (Å²) in [6, 6.07) is 0. The van der Waals surface area contributed by atoms with Gasteiger partial charge in [-0.3, -0.25) is 0 Å². The Kier molecular flexibility index (Phi) is 8.30. The lowest BCUT2D eigenvalue weighted by Gasteiger charge is -2.06. The van der Waals surface area contributed by atoms with Crippen LogP contribution in [0.15, 0.2) is 24.0 Å². The third-order valence-electron chi connectivity index (χ3n) is 1.69. The van der Waals surface area contributed by atoms with Crippen molar-refractivity contribution in [3.63, 3.8) is 0 Å². The molecule has 0 radical (unpaired) electrons. The molecule has 0 aliphatic heterocycles. The van der Waals surface area contributed by atoms with E-state index in [0.29, 0.717) is 0 Å². The molecular weight excluding hydrogens is 240 g/mol. The van der Waals surface area contributed by atoms with Crippen LogP contribution in [0.1, 0.15) is 13.8 Å². The molecular formula is C12H18O6. The maximum Gasteiger partial charge on any atom is 0.336 e. The molecule has 1 N–H and O–H groups in total. The van der Waals surface area contributed by atoms with E-state index in [1.54, 1.807) is 0 Å². The van der Waals surface area contributed by atoms with Crippen LogP contribution in [-0.4, -0.2) is 43.5 Å². The number of aliphatic hydroxyl groups excluding tert-OH is 1. The zero-order chi connectivity index (χ0) is 14.0. The molecule has 6 nitrogen and oxygen atoms in total. The van der Waals surface area contributed by atoms with Crippen molar-refractivity contribution in [1.82, 2.24) is 0 Å². The molecule has 0 heterocycles. The minimum absolute atomic E-state index is 0.0256. The molecule has 0 aromatic heterocycles. The number of esters is 2. The van der Waals surface area contributed by atoms with Crippen LogP contribution in [0.2, 0.25) is 0 Å². The topological polar surface area (TPSA) is 82.1 Å². The number of carbonyl (C=O) groups excluding carboxylic acids is 2. The molecule has 0 saturated carbocycles. The van der Waals surface area contributed by atoms with Crippen molar-refractivity contribution in [1.29, 1.82) is 0 Å². The Morgan fingerprint density at radius 3 is 2.17 bits per heavy atom. The summed E-state index contributed by atoms with van der Waals surface area (Å²) >= 11 is 0. The molecule has 0 aromatic rings. The molecule has 0 atom stereocenters. The van der Waals surface area contributed by atoms with Gasteiger partial charge in [-0.15, -0.1) is 0 Å². The predicted molar refractivity (Wildman–Crippen MR) is 63.5 cm³/mol. The van der Waals surface area contributed by atoms with Crippen LogP contribution in [0, 0.1) is 0 Å². The number of carbonyl (C=O) groups is 2. The van der Waals surface area contributed by atoms with Crippen LogP contribution in [0.3, 0.4) is 0 Å². The molecule has 0 fully saturated rings. The third-order valence-corrected chi connectivity index (χ3v) is 1.69. The number of ether oxygens (including phenoxy) is 3. The Balaban J connectivity index is 3.79. The molecule has 0 amide bonds. The quantitative estimate of drug-likeness (QED) is 0.296. The maximum atomic E-state index is 11.3. The summed E-state index contributed by atoms with van der Waals surface area (Å²) in [5.41, 5.74) is 0.546. The molecule has 102 valence electrons. The monoisotopic (exact) mass is 258 g/mol. The Morgan fingerprint density at radius 1 is 1.11 bits per heavy atom. The maximum absolute atomic E-state index is 11.3. The van der Waals surface area contributed by atoms with Crippen molar-refractivity contribution in [2.24, 2.45) is 0 Å². The van der Waals surface area contributed by atoms with Gasteiger partial charge in [0, 0.05) is 5.57 Å². The van der Waals surface area contributed by atoms with Gasteiger partial charge in [0.1, 0.15) is 19.8 Å². The minimum Gasteiger partial charge on any atom is -0.498 e. The molecule has 0 aliphatic carbocycles. The summed E-state index contributed by atoms with van der Waals surface area (Å²) in [7, 11) is 0. The Morgan fingerprint density at radius 2 is 1.67 bits per heavy atom. The van der Waals surface area contributed by atoms with Crippen molar-refractivity contribution in [3.8, 4) is 0 Å². The molecule has 6 heteroatoms. The van der Waals surface area contributed by atoms with Crippen molar-refractivity contribution in [2.45, 2.75) is 13.8 Å². The van der Waals surface area contributed by atoms with Gasteiger partial charge >= 0.3 is 11.9 Å². The highest BCUT2D eigenvalue weighted by molar-refractivity contribution is 5.87. The fourth-order valence-corrected chi connectivity index (χ4v) is 0.791. The number of rotatable bonds is 8. The first-order valence-electron chi connectivity index (χ1n) is 5.38. The first-order valence-corrected chi connectivity index (χ1v) is 5.38. The molecule has 0 saturated heterocycles. The highest BCUT2D eigenvalue weighted by atomic mass is 16.6. The zero-order valence-corrected chi connectivity index (χ0v) is 10.6. The standard InChI is InChI=1S/C12H18O6/c1-9(2)11(14)17-6-7-18-12(15)10(3)8-16-5-4-13/h8,13H,1,4-7H2,2-3H3. The smallest absolute Gasteiger partial charge is 0.336 e. The van der Waals surface area contributed by atoms with E-state index < -0.39 is 11.9 Å². The average molecular weight is 258 g/mol. The lowest BCUT2D eigenvalue weighted by molar-refractivity contribution is -0.147. The number of hydrogen-bond acceptors (Lipinski definition) is 6. The van der Waals surface area contributed by atoms with E-state index in [2.05, 4.69) is 6.58 Å². The van der Waals surface area contributed by atoms with Gasteiger partial charge in [-0.25, -0.2) is 9.59 Å². The van der Waals surface area contributed by atoms with E-state index >= 15 is 0 Å². The van der Waals surface area contributed by atoms with Crippen molar-refractivity contribution >= 4 is 11.9 Å². The highest BCUT2D eigenvalue weighted by Gasteiger charge is 2.07. The first kappa shape index (κ1) is 16.2. The number of hydrogen-bond donors (Lipinski definition) is 1. The summed E-state index contributed by atoms with van der Waals surface area (Å²) in [6.45, 7) is 6.37. The molecule has 0 aliphatic rings. The predicted octanol–water partition coefficient (Wildman–Crippen LogP) is 0.562. The van der Waals surface area contributed by atoms with Gasteiger partial charge in [0.2, 0.25) is 0 Å². The molecule has 0 unspecified atom stereocenters. The Labute approximate surface area is 106 Å². The van der Waals surface area contributed by atoms with E-state index in [0.717, 1.165) is 0 Å². The van der Waals surface area contributed by atoms with Crippen molar-refractivity contribution in [2.75, 3.05) is 26.4 Å². The van der Waals surface area contributed by atoms with Crippen LogP contribution in [0.4, 0.5) is 0 Å². The zero-order valence-electron chi connectivity index (χ0n) is 10.6. The van der Waals surface area contributed by atoms with Crippen LogP contribution < -0.4 is 0 Å². The Hall–Kier alpha value is -1.82. The number of aliphatic hydroxyl groups is 1. The largest absolute Gasteiger partial charge is 0.498 e. The second-order valence-electron chi connectivity index (χ2n) is 3.45. The lowest BCUT2D eigenvalue weighted by atomic mass is 10.3. The van der Waals surface area contributed by atoms with Gasteiger partial charge in [0.15, 0.2) is 0 Å². The summed E-state index contributed by atoms with van der Waals surface area (Å²) < 4.78 is 14.4. The minimum atomic E-state index is -0.570. The summed E-state index contributed by atoms with van der Waals surface area (Å²) in [5.74, 6) is -1.09. The summed E-state index contributed by atoms with van der Waals surface area (Å²) in [6.07, 6.45) is 1.21. The average Bonchev–Trinajstić information content (AvgIpc) is 2.33. The molecule has 0 rings (SSSR count). The lowest BCUT2D eigenvalue weighted by Crippen LogP contribution is -2.14. The van der Waals surface area contributed by atoms with E-state index in [9.17, 15) is 9.59 Å². The first-order chi connectivity index (χ1) is 8.49. The normalized spacial score (nSPS) is 10.7. The second-order valence-corrected chi connectivity index (χ2v) is 3.45. The van der Waals surface area contributed by atoms with Crippen molar-refractivity contribution in [3.05, 3.63) is 24.0 Å². The van der Waals surface area contributed by atoms with Crippen LogP contribution in [0.25, 0.3) is 0 Å². The van der Waals surface area contributed by atoms with Gasteiger partial charge < -0.3 is 19.3 Å². The van der Waals surface area contributed by atoms with Gasteiger partial charge in [-0.1, -0.05) is 6.58 Å². The van der Waals surface area contributed by atoms with Crippen molar-refractivity contribution < 1.29 is 28.9 Å². The molecule has 0 bridgehead atoms. The molecule has 0 aromatic carbocycles. The summed E-state index contributed by atoms with van der Waals surface area (Å²) in [5, 5.41) is 8.46. The second kappa shape index (κ2) is 9.23. The van der Waals surface area contributed by atoms with Crippen LogP contribution >= 0.6 is 0 Å². The SMILES string of the molecule is C=C(C)C(=O)OCCOC(=O)C(C)=COCCO. The van der Waals surface area contributed by atoms with Gasteiger partial charge in [0.25, 0.3) is 0 Å². The van der Waals surface area contributed by atoms with E-state index in [1.165, 1.54) is 20.1 Å². The third kappa shape index (κ3) is 7.45. The van der Waals surface area contributed by atoms with Gasteiger partial charge in [-0.2, -0.15) is 0 Å². The van der Waals surface area contributed by atoms with E-state index in [1.807, 2.05) is 0 Å². The fourth-order valence-electron chi connectivity index (χ4n) is 0.791. The molecule has 0 spiro atoms. The molecule has 18 heavy (non-hydrogen) atoms. The van der Waals surface area contributed by atoms with Crippen LogP contribution in [-0.2, 0) is 23.8 Å². The van der Waals surface area contributed by atoms with Crippen LogP contribution in [0.5, 0.6) is 0 Å². The van der Waals surface area contributed by atoms with E-state index in [-0.39, 0.29) is 37.6 Å². The van der Waals surface area contributed by atoms with Gasteiger partial charge in [0.05, 0.1) is 18.4 Å². The Bertz CT molecular complexity index is 331.